The topological polar surface area (TPSA) is 80.0 Å². The molecule has 0 aliphatic rings. The van der Waals surface area contributed by atoms with E-state index < -0.39 is 0 Å². The van der Waals surface area contributed by atoms with Crippen molar-refractivity contribution >= 4 is 16.9 Å². The normalized spacial score (nSPS) is 12.8. The molecule has 3 rings (SSSR count). The summed E-state index contributed by atoms with van der Waals surface area (Å²) in [5.74, 6) is 0.139. The van der Waals surface area contributed by atoms with Crippen molar-refractivity contribution in [2.24, 2.45) is 0 Å². The quantitative estimate of drug-likeness (QED) is 0.586. The molecule has 1 unspecified atom stereocenters. The number of phenols is 1. The van der Waals surface area contributed by atoms with Crippen LogP contribution in [0.3, 0.4) is 0 Å². The van der Waals surface area contributed by atoms with Crippen molar-refractivity contribution in [3.05, 3.63) is 54.1 Å². The number of hydrogen-bond acceptors (Lipinski definition) is 4. The molecule has 2 N–H and O–H groups in total. The fraction of sp³-hybridized carbons (Fsp3) is 0.381. The summed E-state index contributed by atoms with van der Waals surface area (Å²) >= 11 is 0. The minimum atomic E-state index is -0.346. The highest BCUT2D eigenvalue weighted by Crippen LogP contribution is 2.24. The van der Waals surface area contributed by atoms with Crippen molar-refractivity contribution in [3.63, 3.8) is 0 Å². The smallest absolute Gasteiger partial charge is 0.222 e. The van der Waals surface area contributed by atoms with Gasteiger partial charge in [-0.15, -0.1) is 0 Å². The molecule has 28 heavy (non-hydrogen) atoms. The van der Waals surface area contributed by atoms with Crippen molar-refractivity contribution in [2.75, 3.05) is 33.7 Å². The molecule has 0 saturated carbocycles. The van der Waals surface area contributed by atoms with Gasteiger partial charge in [-0.05, 0) is 36.8 Å². The second kappa shape index (κ2) is 8.39. The van der Waals surface area contributed by atoms with Crippen molar-refractivity contribution in [2.45, 2.75) is 19.4 Å². The molecular formula is C21H28N5O2+. The molecule has 0 spiro atoms. The number of carbonyl (C=O) groups is 1. The van der Waals surface area contributed by atoms with E-state index in [4.69, 9.17) is 0 Å². The summed E-state index contributed by atoms with van der Waals surface area (Å²) in [6.45, 7) is 4.64. The maximum absolute atomic E-state index is 12.6. The van der Waals surface area contributed by atoms with Gasteiger partial charge in [0.15, 0.2) is 0 Å². The molecular weight excluding hydrogens is 354 g/mol. The van der Waals surface area contributed by atoms with Gasteiger partial charge >= 0.3 is 0 Å². The maximum Gasteiger partial charge on any atom is 0.222 e. The first-order valence-corrected chi connectivity index (χ1v) is 9.57. The van der Waals surface area contributed by atoms with Gasteiger partial charge in [0.1, 0.15) is 22.8 Å². The van der Waals surface area contributed by atoms with E-state index in [0.717, 1.165) is 34.2 Å². The van der Waals surface area contributed by atoms with Crippen LogP contribution < -0.4 is 5.32 Å². The fourth-order valence-electron chi connectivity index (χ4n) is 2.95. The first kappa shape index (κ1) is 19.8. The van der Waals surface area contributed by atoms with Crippen LogP contribution >= 0.6 is 0 Å². The third kappa shape index (κ3) is 4.86. The number of hydrogen-bond donors (Lipinski definition) is 2. The lowest BCUT2D eigenvalue weighted by molar-refractivity contribution is -0.887. The van der Waals surface area contributed by atoms with Crippen LogP contribution in [0.4, 0.5) is 0 Å². The zero-order valence-electron chi connectivity index (χ0n) is 16.7. The van der Waals surface area contributed by atoms with Crippen LogP contribution in [-0.4, -0.2) is 64.2 Å². The largest absolute Gasteiger partial charge is 0.508 e. The van der Waals surface area contributed by atoms with Crippen LogP contribution in [-0.2, 0) is 4.79 Å². The standard InChI is InChI=1S/C21H27N5O2/c1-4-26(2,3)14-13-22-21(28)15-20(16-9-11-17(27)12-10-16)25-23-18-7-5-6-8-19(18)24-25/h5-12,20H,4,13-15H2,1-3H3,(H-,22,27,28)/p+1. The molecule has 0 bridgehead atoms. The third-order valence-corrected chi connectivity index (χ3v) is 5.13. The minimum Gasteiger partial charge on any atom is -0.508 e. The van der Waals surface area contributed by atoms with E-state index in [1.54, 1.807) is 29.1 Å². The number of nitrogens with one attached hydrogen (secondary N) is 1. The molecule has 2 aromatic carbocycles. The first-order valence-electron chi connectivity index (χ1n) is 9.57. The van der Waals surface area contributed by atoms with Crippen molar-refractivity contribution in [1.29, 1.82) is 0 Å². The predicted octanol–water partition coefficient (Wildman–Crippen LogP) is 2.33. The number of aromatic nitrogens is 3. The number of phenolic OH excluding ortho intramolecular Hbond substituents is 1. The number of fused-ring (bicyclic) bond motifs is 1. The van der Waals surface area contributed by atoms with Crippen LogP contribution in [0.2, 0.25) is 0 Å². The molecule has 0 saturated heterocycles. The van der Waals surface area contributed by atoms with Crippen LogP contribution in [0.25, 0.3) is 11.0 Å². The molecule has 0 aliphatic heterocycles. The van der Waals surface area contributed by atoms with E-state index in [-0.39, 0.29) is 24.1 Å². The van der Waals surface area contributed by atoms with Gasteiger partial charge in [0.05, 0.1) is 40.2 Å². The summed E-state index contributed by atoms with van der Waals surface area (Å²) in [5, 5.41) is 21.7. The van der Waals surface area contributed by atoms with E-state index in [9.17, 15) is 9.90 Å². The van der Waals surface area contributed by atoms with Gasteiger partial charge in [-0.25, -0.2) is 0 Å². The number of amides is 1. The van der Waals surface area contributed by atoms with Crippen LogP contribution in [0.1, 0.15) is 24.9 Å². The van der Waals surface area contributed by atoms with Gasteiger partial charge in [0.2, 0.25) is 5.91 Å². The lowest BCUT2D eigenvalue weighted by Crippen LogP contribution is -2.45. The number of aromatic hydroxyl groups is 1. The number of nitrogens with zero attached hydrogens (tertiary/aromatic N) is 4. The Morgan fingerprint density at radius 3 is 2.29 bits per heavy atom. The zero-order valence-corrected chi connectivity index (χ0v) is 16.7. The molecule has 0 aliphatic carbocycles. The van der Waals surface area contributed by atoms with Gasteiger partial charge in [-0.2, -0.15) is 15.0 Å². The fourth-order valence-corrected chi connectivity index (χ4v) is 2.95. The monoisotopic (exact) mass is 382 g/mol. The molecule has 1 aromatic heterocycles. The second-order valence-corrected chi connectivity index (χ2v) is 7.65. The van der Waals surface area contributed by atoms with Crippen molar-refractivity contribution in [3.8, 4) is 5.75 Å². The molecule has 148 valence electrons. The SMILES string of the molecule is CC[N+](C)(C)CCNC(=O)CC(c1ccc(O)cc1)n1nc2ccccc2n1. The first-order chi connectivity index (χ1) is 13.4. The number of benzene rings is 2. The second-order valence-electron chi connectivity index (χ2n) is 7.65. The van der Waals surface area contributed by atoms with Crippen LogP contribution in [0.5, 0.6) is 5.75 Å². The average molecular weight is 382 g/mol. The Morgan fingerprint density at radius 1 is 1.11 bits per heavy atom. The molecule has 0 radical (unpaired) electrons. The Morgan fingerprint density at radius 2 is 1.71 bits per heavy atom. The van der Waals surface area contributed by atoms with Crippen molar-refractivity contribution < 1.29 is 14.4 Å². The molecule has 7 nitrogen and oxygen atoms in total. The summed E-state index contributed by atoms with van der Waals surface area (Å²) in [4.78, 5) is 14.2. The molecule has 1 amide bonds. The molecule has 1 heterocycles. The summed E-state index contributed by atoms with van der Waals surface area (Å²) in [6.07, 6.45) is 0.227. The summed E-state index contributed by atoms with van der Waals surface area (Å²) in [5.41, 5.74) is 2.44. The number of likely N-dealkylation sites (N-methyl/N-ethyl adjacent to an activating group) is 1. The highest BCUT2D eigenvalue weighted by molar-refractivity contribution is 5.77. The Bertz CT molecular complexity index is 900. The summed E-state index contributed by atoms with van der Waals surface area (Å²) < 4.78 is 0.855. The van der Waals surface area contributed by atoms with Gasteiger partial charge < -0.3 is 14.9 Å². The number of quaternary nitrogens is 1. The van der Waals surface area contributed by atoms with Gasteiger partial charge in [-0.3, -0.25) is 4.79 Å². The number of rotatable bonds is 8. The average Bonchev–Trinajstić information content (AvgIpc) is 3.10. The zero-order chi connectivity index (χ0) is 20.1. The molecule has 0 fully saturated rings. The van der Waals surface area contributed by atoms with Crippen LogP contribution in [0.15, 0.2) is 48.5 Å². The van der Waals surface area contributed by atoms with Gasteiger partial charge in [-0.1, -0.05) is 24.3 Å². The highest BCUT2D eigenvalue weighted by atomic mass is 16.3. The lowest BCUT2D eigenvalue weighted by atomic mass is 10.0. The Labute approximate surface area is 165 Å². The molecule has 1 atom stereocenters. The summed E-state index contributed by atoms with van der Waals surface area (Å²) in [7, 11) is 4.29. The Hall–Kier alpha value is -2.93. The summed E-state index contributed by atoms with van der Waals surface area (Å²) in [6, 6.07) is 14.1. The van der Waals surface area contributed by atoms with E-state index >= 15 is 0 Å². The van der Waals surface area contributed by atoms with E-state index in [2.05, 4.69) is 36.5 Å². The van der Waals surface area contributed by atoms with Crippen molar-refractivity contribution in [1.82, 2.24) is 20.3 Å². The highest BCUT2D eigenvalue weighted by Gasteiger charge is 2.21. The minimum absolute atomic E-state index is 0.0458. The predicted molar refractivity (Wildman–Crippen MR) is 109 cm³/mol. The van der Waals surface area contributed by atoms with Crippen LogP contribution in [0, 0.1) is 0 Å². The third-order valence-electron chi connectivity index (χ3n) is 5.13. The van der Waals surface area contributed by atoms with E-state index in [0.29, 0.717) is 6.54 Å². The molecule has 7 heteroatoms. The van der Waals surface area contributed by atoms with E-state index in [1.165, 1.54) is 0 Å². The lowest BCUT2D eigenvalue weighted by Gasteiger charge is -2.28. The van der Waals surface area contributed by atoms with Gasteiger partial charge in [0, 0.05) is 0 Å². The Kier molecular flexibility index (Phi) is 5.94. The van der Waals surface area contributed by atoms with Gasteiger partial charge in [0.25, 0.3) is 0 Å². The van der Waals surface area contributed by atoms with E-state index in [1.807, 2.05) is 24.3 Å². The Balaban J connectivity index is 1.78. The maximum atomic E-state index is 12.6. The number of carbonyl (C=O) groups excluding carboxylic acids is 1. The molecule has 3 aromatic rings.